The van der Waals surface area contributed by atoms with Gasteiger partial charge >= 0.3 is 0 Å². The van der Waals surface area contributed by atoms with Gasteiger partial charge in [0.15, 0.2) is 5.65 Å². The molecule has 2 aromatic heterocycles. The van der Waals surface area contributed by atoms with Crippen LogP contribution in [0.3, 0.4) is 0 Å². The summed E-state index contributed by atoms with van der Waals surface area (Å²) in [5, 5.41) is 3.10. The maximum atomic E-state index is 12.4. The highest BCUT2D eigenvalue weighted by molar-refractivity contribution is 5.71. The first-order valence-corrected chi connectivity index (χ1v) is 8.15. The molecule has 0 fully saturated rings. The molecule has 25 heavy (non-hydrogen) atoms. The topological polar surface area (TPSA) is 68.6 Å². The molecular weight excluding hydrogens is 318 g/mol. The van der Waals surface area contributed by atoms with E-state index in [4.69, 9.17) is 9.47 Å². The van der Waals surface area contributed by atoms with Crippen LogP contribution >= 0.6 is 0 Å². The van der Waals surface area contributed by atoms with Crippen LogP contribution < -0.4 is 15.0 Å². The van der Waals surface area contributed by atoms with E-state index < -0.39 is 0 Å². The largest absolute Gasteiger partial charge is 0.497 e. The lowest BCUT2D eigenvalue weighted by Crippen LogP contribution is -2.18. The number of nitrogens with zero attached hydrogens (tertiary/aromatic N) is 2. The summed E-state index contributed by atoms with van der Waals surface area (Å²) in [5.74, 6) is 1.37. The number of aromatic nitrogens is 3. The number of nitrogens with one attached hydrogen (secondary N) is 1. The number of hydrogen-bond acceptors (Lipinski definition) is 4. The third-order valence-corrected chi connectivity index (χ3v) is 3.91. The lowest BCUT2D eigenvalue weighted by Gasteiger charge is -2.16. The van der Waals surface area contributed by atoms with Crippen molar-refractivity contribution in [1.82, 2.24) is 14.6 Å². The van der Waals surface area contributed by atoms with E-state index in [1.54, 1.807) is 20.3 Å². The maximum Gasteiger partial charge on any atom is 0.272 e. The van der Waals surface area contributed by atoms with E-state index in [0.29, 0.717) is 17.1 Å². The number of ether oxygens (including phenoxy) is 2. The maximum absolute atomic E-state index is 12.4. The molecule has 6 heteroatoms. The number of rotatable bonds is 4. The lowest BCUT2D eigenvalue weighted by molar-refractivity contribution is 0.395. The van der Waals surface area contributed by atoms with Gasteiger partial charge < -0.3 is 9.47 Å². The van der Waals surface area contributed by atoms with Crippen LogP contribution in [-0.2, 0) is 6.42 Å². The third-order valence-electron chi connectivity index (χ3n) is 3.91. The van der Waals surface area contributed by atoms with Crippen molar-refractivity contribution in [3.8, 4) is 22.8 Å². The van der Waals surface area contributed by atoms with Crippen LogP contribution in [0.5, 0.6) is 11.5 Å². The molecule has 6 nitrogen and oxygen atoms in total. The van der Waals surface area contributed by atoms with E-state index in [0.717, 1.165) is 23.4 Å². The molecule has 3 rings (SSSR count). The van der Waals surface area contributed by atoms with Crippen molar-refractivity contribution in [2.45, 2.75) is 27.2 Å². The van der Waals surface area contributed by atoms with Crippen molar-refractivity contribution >= 4 is 5.65 Å². The standard InChI is InChI=1S/C19H23N3O3/c1-19(2,3)11-12-8-18(23)22-17(20-12)10-15(21-22)14-7-6-13(24-4)9-16(14)25-5/h6-10,21H,11H2,1-5H3. The first-order valence-electron chi connectivity index (χ1n) is 8.15. The van der Waals surface area contributed by atoms with E-state index in [1.165, 1.54) is 4.52 Å². The minimum atomic E-state index is -0.122. The Kier molecular flexibility index (Phi) is 4.29. The summed E-state index contributed by atoms with van der Waals surface area (Å²) in [6, 6.07) is 9.00. The molecule has 0 radical (unpaired) electrons. The molecule has 1 N–H and O–H groups in total. The van der Waals surface area contributed by atoms with Crippen molar-refractivity contribution in [1.29, 1.82) is 0 Å². The molecule has 0 unspecified atom stereocenters. The number of benzene rings is 1. The molecule has 0 aliphatic rings. The molecule has 0 spiro atoms. The summed E-state index contributed by atoms with van der Waals surface area (Å²) in [6.45, 7) is 6.38. The molecular formula is C19H23N3O3. The zero-order valence-electron chi connectivity index (χ0n) is 15.2. The third kappa shape index (κ3) is 3.52. The van der Waals surface area contributed by atoms with Crippen LogP contribution in [0.2, 0.25) is 0 Å². The Morgan fingerprint density at radius 2 is 1.88 bits per heavy atom. The fourth-order valence-electron chi connectivity index (χ4n) is 2.83. The Labute approximate surface area is 146 Å². The van der Waals surface area contributed by atoms with Gasteiger partial charge in [-0.3, -0.25) is 9.89 Å². The van der Waals surface area contributed by atoms with Crippen molar-refractivity contribution < 1.29 is 9.47 Å². The molecule has 3 aromatic rings. The first-order chi connectivity index (χ1) is 11.8. The quantitative estimate of drug-likeness (QED) is 0.790. The van der Waals surface area contributed by atoms with Gasteiger partial charge in [-0.2, -0.15) is 0 Å². The Balaban J connectivity index is 2.10. The summed E-state index contributed by atoms with van der Waals surface area (Å²) in [7, 11) is 3.21. The molecule has 0 aliphatic carbocycles. The van der Waals surface area contributed by atoms with Gasteiger partial charge in [-0.05, 0) is 24.0 Å². The normalized spacial score (nSPS) is 11.7. The first kappa shape index (κ1) is 17.1. The average Bonchev–Trinajstić information content (AvgIpc) is 2.97. The van der Waals surface area contributed by atoms with E-state index in [2.05, 4.69) is 30.9 Å². The monoisotopic (exact) mass is 341 g/mol. The predicted octanol–water partition coefficient (Wildman–Crippen LogP) is 3.30. The molecule has 0 atom stereocenters. The summed E-state index contributed by atoms with van der Waals surface area (Å²) < 4.78 is 12.1. The highest BCUT2D eigenvalue weighted by Gasteiger charge is 2.16. The molecule has 132 valence electrons. The van der Waals surface area contributed by atoms with Gasteiger partial charge in [-0.25, -0.2) is 9.50 Å². The zero-order valence-corrected chi connectivity index (χ0v) is 15.2. The highest BCUT2D eigenvalue weighted by atomic mass is 16.5. The lowest BCUT2D eigenvalue weighted by atomic mass is 9.90. The number of aromatic amines is 1. The minimum Gasteiger partial charge on any atom is -0.497 e. The fourth-order valence-corrected chi connectivity index (χ4v) is 2.83. The van der Waals surface area contributed by atoms with Crippen LogP contribution in [-0.4, -0.2) is 28.8 Å². The SMILES string of the molecule is COc1ccc(-c2cc3nc(CC(C)(C)C)cc(=O)n3[nH]2)c(OC)c1. The zero-order chi connectivity index (χ0) is 18.2. The summed E-state index contributed by atoms with van der Waals surface area (Å²) in [6.07, 6.45) is 0.741. The number of fused-ring (bicyclic) bond motifs is 1. The van der Waals surface area contributed by atoms with E-state index in [9.17, 15) is 4.79 Å². The Bertz CT molecular complexity index is 964. The van der Waals surface area contributed by atoms with E-state index >= 15 is 0 Å². The Morgan fingerprint density at radius 1 is 1.12 bits per heavy atom. The molecule has 0 saturated carbocycles. The minimum absolute atomic E-state index is 0.0656. The molecule has 2 heterocycles. The van der Waals surface area contributed by atoms with Gasteiger partial charge in [-0.1, -0.05) is 20.8 Å². The van der Waals surface area contributed by atoms with Crippen molar-refractivity contribution in [3.63, 3.8) is 0 Å². The summed E-state index contributed by atoms with van der Waals surface area (Å²) in [5.41, 5.74) is 2.94. The molecule has 0 amide bonds. The highest BCUT2D eigenvalue weighted by Crippen LogP contribution is 2.32. The van der Waals surface area contributed by atoms with Crippen molar-refractivity contribution in [2.24, 2.45) is 5.41 Å². The molecule has 0 saturated heterocycles. The second-order valence-electron chi connectivity index (χ2n) is 7.25. The Morgan fingerprint density at radius 3 is 2.52 bits per heavy atom. The smallest absolute Gasteiger partial charge is 0.272 e. The fraction of sp³-hybridized carbons (Fsp3) is 0.368. The van der Waals surface area contributed by atoms with Crippen molar-refractivity contribution in [3.05, 3.63) is 46.4 Å². The number of methoxy groups -OCH3 is 2. The van der Waals surface area contributed by atoms with Crippen LogP contribution in [0.15, 0.2) is 35.1 Å². The second kappa shape index (κ2) is 6.27. The van der Waals surface area contributed by atoms with Crippen LogP contribution in [0.25, 0.3) is 16.9 Å². The van der Waals surface area contributed by atoms with Gasteiger partial charge in [0.1, 0.15) is 11.5 Å². The average molecular weight is 341 g/mol. The molecule has 1 aromatic carbocycles. The predicted molar refractivity (Wildman–Crippen MR) is 97.5 cm³/mol. The van der Waals surface area contributed by atoms with Crippen LogP contribution in [0, 0.1) is 5.41 Å². The van der Waals surface area contributed by atoms with Gasteiger partial charge in [0.05, 0.1) is 19.9 Å². The van der Waals surface area contributed by atoms with Crippen LogP contribution in [0.1, 0.15) is 26.5 Å². The van der Waals surface area contributed by atoms with Gasteiger partial charge in [-0.15, -0.1) is 0 Å². The van der Waals surface area contributed by atoms with Crippen LogP contribution in [0.4, 0.5) is 0 Å². The summed E-state index contributed by atoms with van der Waals surface area (Å²) >= 11 is 0. The van der Waals surface area contributed by atoms with Gasteiger partial charge in [0, 0.05) is 29.5 Å². The van der Waals surface area contributed by atoms with Gasteiger partial charge in [0.25, 0.3) is 5.56 Å². The van der Waals surface area contributed by atoms with Gasteiger partial charge in [0.2, 0.25) is 0 Å². The number of hydrogen-bond donors (Lipinski definition) is 1. The second-order valence-corrected chi connectivity index (χ2v) is 7.25. The molecule has 0 aliphatic heterocycles. The van der Waals surface area contributed by atoms with E-state index in [-0.39, 0.29) is 11.0 Å². The van der Waals surface area contributed by atoms with E-state index in [1.807, 2.05) is 24.3 Å². The molecule has 0 bridgehead atoms. The summed E-state index contributed by atoms with van der Waals surface area (Å²) in [4.78, 5) is 17.0. The Hall–Kier alpha value is -2.76. The van der Waals surface area contributed by atoms with Crippen molar-refractivity contribution in [2.75, 3.05) is 14.2 Å². The number of H-pyrrole nitrogens is 1.